The third kappa shape index (κ3) is 5.13. The van der Waals surface area contributed by atoms with Gasteiger partial charge in [0.05, 0.1) is 20.8 Å². The number of amides is 2. The van der Waals surface area contributed by atoms with Crippen LogP contribution in [0.25, 0.3) is 0 Å². The molecule has 0 unspecified atom stereocenters. The molecule has 0 aliphatic carbocycles. The number of benzene rings is 1. The molecule has 2 N–H and O–H groups in total. The van der Waals surface area contributed by atoms with E-state index in [1.165, 1.54) is 18.2 Å². The number of aromatic nitrogens is 1. The quantitative estimate of drug-likeness (QED) is 0.753. The summed E-state index contributed by atoms with van der Waals surface area (Å²) in [6.45, 7) is 2.62. The maximum atomic E-state index is 13.2. The summed E-state index contributed by atoms with van der Waals surface area (Å²) in [7, 11) is 0. The number of hydrogen-bond acceptors (Lipinski definition) is 4. The topological polar surface area (TPSA) is 60.5 Å². The first kappa shape index (κ1) is 19.9. The van der Waals surface area contributed by atoms with Crippen LogP contribution in [0.5, 0.6) is 0 Å². The second kappa shape index (κ2) is 8.93. The molecule has 1 saturated heterocycles. The third-order valence-corrected chi connectivity index (χ3v) is 4.92. The zero-order valence-electron chi connectivity index (χ0n) is 14.2. The fourth-order valence-electron chi connectivity index (χ4n) is 2.84. The number of hydrogen-bond donors (Lipinski definition) is 2. The highest BCUT2D eigenvalue weighted by Crippen LogP contribution is 2.32. The normalized spacial score (nSPS) is 15.3. The van der Waals surface area contributed by atoms with Gasteiger partial charge in [-0.25, -0.2) is 14.2 Å². The van der Waals surface area contributed by atoms with Crippen LogP contribution in [-0.2, 0) is 0 Å². The van der Waals surface area contributed by atoms with Crippen LogP contribution in [0.15, 0.2) is 30.6 Å². The fraction of sp³-hybridized carbons (Fsp3) is 0.294. The molecule has 1 aliphatic heterocycles. The molecule has 1 aromatic carbocycles. The Hall–Kier alpha value is -1.80. The Kier molecular flexibility index (Phi) is 6.59. The van der Waals surface area contributed by atoms with Crippen LogP contribution >= 0.6 is 34.8 Å². The van der Waals surface area contributed by atoms with Gasteiger partial charge in [-0.05, 0) is 24.6 Å². The molecule has 0 saturated carbocycles. The Morgan fingerprint density at radius 3 is 2.48 bits per heavy atom. The molecule has 0 radical (unpaired) electrons. The molecule has 1 fully saturated rings. The van der Waals surface area contributed by atoms with E-state index >= 15 is 0 Å². The SMILES string of the molecule is O=C(Nc1ccc(F)c(Cl)c1)NN1CCCN(c2c(Cl)cncc2Cl)CC1. The van der Waals surface area contributed by atoms with Crippen LogP contribution in [0.3, 0.4) is 0 Å². The monoisotopic (exact) mass is 431 g/mol. The summed E-state index contributed by atoms with van der Waals surface area (Å²) < 4.78 is 13.2. The highest BCUT2D eigenvalue weighted by atomic mass is 35.5. The molecule has 1 aliphatic rings. The molecule has 0 atom stereocenters. The van der Waals surface area contributed by atoms with Crippen molar-refractivity contribution in [2.75, 3.05) is 36.4 Å². The maximum Gasteiger partial charge on any atom is 0.333 e. The van der Waals surface area contributed by atoms with Gasteiger partial charge in [0, 0.05) is 44.3 Å². The number of hydrazine groups is 1. The smallest absolute Gasteiger partial charge is 0.333 e. The molecule has 6 nitrogen and oxygen atoms in total. The minimum absolute atomic E-state index is 0.0516. The first-order chi connectivity index (χ1) is 12.9. The second-order valence-corrected chi connectivity index (χ2v) is 7.20. The lowest BCUT2D eigenvalue weighted by atomic mass is 10.3. The average Bonchev–Trinajstić information content (AvgIpc) is 2.84. The average molecular weight is 433 g/mol. The molecule has 10 heteroatoms. The van der Waals surface area contributed by atoms with E-state index in [4.69, 9.17) is 34.8 Å². The van der Waals surface area contributed by atoms with Crippen LogP contribution in [0.1, 0.15) is 6.42 Å². The first-order valence-electron chi connectivity index (χ1n) is 8.25. The summed E-state index contributed by atoms with van der Waals surface area (Å²) >= 11 is 18.2. The van der Waals surface area contributed by atoms with E-state index in [1.807, 2.05) is 5.01 Å². The lowest BCUT2D eigenvalue weighted by Crippen LogP contribution is -2.46. The molecule has 144 valence electrons. The third-order valence-electron chi connectivity index (χ3n) is 4.08. The van der Waals surface area contributed by atoms with E-state index in [1.54, 1.807) is 12.4 Å². The molecule has 1 aromatic heterocycles. The number of nitrogens with zero attached hydrogens (tertiary/aromatic N) is 3. The number of urea groups is 1. The molecule has 2 heterocycles. The van der Waals surface area contributed by atoms with Crippen molar-refractivity contribution in [3.63, 3.8) is 0 Å². The van der Waals surface area contributed by atoms with Crippen molar-refractivity contribution in [1.82, 2.24) is 15.4 Å². The van der Waals surface area contributed by atoms with E-state index in [0.29, 0.717) is 35.4 Å². The van der Waals surface area contributed by atoms with Gasteiger partial charge < -0.3 is 10.2 Å². The van der Waals surface area contributed by atoms with Gasteiger partial charge in [-0.2, -0.15) is 0 Å². The van der Waals surface area contributed by atoms with Crippen LogP contribution in [0, 0.1) is 5.82 Å². The van der Waals surface area contributed by atoms with E-state index in [2.05, 4.69) is 20.6 Å². The molecular weight excluding hydrogens is 416 g/mol. The summed E-state index contributed by atoms with van der Waals surface area (Å²) in [4.78, 5) is 18.2. The van der Waals surface area contributed by atoms with Gasteiger partial charge in [-0.15, -0.1) is 0 Å². The lowest BCUT2D eigenvalue weighted by Gasteiger charge is -2.25. The molecule has 27 heavy (non-hydrogen) atoms. The van der Waals surface area contributed by atoms with E-state index < -0.39 is 11.8 Å². The van der Waals surface area contributed by atoms with Crippen molar-refractivity contribution in [1.29, 1.82) is 0 Å². The molecule has 2 aromatic rings. The summed E-state index contributed by atoms with van der Waals surface area (Å²) in [5.74, 6) is -0.538. The fourth-order valence-corrected chi connectivity index (χ4v) is 3.62. The Balaban J connectivity index is 1.58. The van der Waals surface area contributed by atoms with Gasteiger partial charge in [0.15, 0.2) is 0 Å². The summed E-state index contributed by atoms with van der Waals surface area (Å²) in [5, 5.41) is 5.38. The Bertz CT molecular complexity index is 818. The molecule has 0 spiro atoms. The van der Waals surface area contributed by atoms with E-state index in [0.717, 1.165) is 18.7 Å². The number of carbonyl (C=O) groups is 1. The van der Waals surface area contributed by atoms with Crippen molar-refractivity contribution in [3.05, 3.63) is 51.5 Å². The zero-order chi connectivity index (χ0) is 19.4. The minimum atomic E-state index is -0.538. The summed E-state index contributed by atoms with van der Waals surface area (Å²) in [6, 6.07) is 3.57. The number of carbonyl (C=O) groups excluding carboxylic acids is 1. The molecule has 0 bridgehead atoms. The van der Waals surface area contributed by atoms with Crippen molar-refractivity contribution >= 4 is 52.2 Å². The van der Waals surface area contributed by atoms with E-state index in [9.17, 15) is 9.18 Å². The Labute approximate surface area is 171 Å². The van der Waals surface area contributed by atoms with Crippen molar-refractivity contribution in [3.8, 4) is 0 Å². The van der Waals surface area contributed by atoms with Crippen LogP contribution in [-0.4, -0.2) is 42.2 Å². The molecule has 2 amide bonds. The van der Waals surface area contributed by atoms with Gasteiger partial charge in [0.2, 0.25) is 0 Å². The summed E-state index contributed by atoms with van der Waals surface area (Å²) in [6.07, 6.45) is 3.92. The Morgan fingerprint density at radius 2 is 1.78 bits per heavy atom. The largest absolute Gasteiger partial charge is 0.368 e. The van der Waals surface area contributed by atoms with Gasteiger partial charge in [0.25, 0.3) is 0 Å². The number of nitrogens with one attached hydrogen (secondary N) is 2. The Morgan fingerprint density at radius 1 is 1.04 bits per heavy atom. The van der Waals surface area contributed by atoms with Gasteiger partial charge in [-0.1, -0.05) is 34.8 Å². The number of halogens is 4. The van der Waals surface area contributed by atoms with Crippen LogP contribution in [0.4, 0.5) is 20.6 Å². The van der Waals surface area contributed by atoms with Crippen LogP contribution in [0.2, 0.25) is 15.1 Å². The highest BCUT2D eigenvalue weighted by molar-refractivity contribution is 6.38. The van der Waals surface area contributed by atoms with Gasteiger partial charge >= 0.3 is 6.03 Å². The predicted molar refractivity (Wildman–Crippen MR) is 106 cm³/mol. The first-order valence-corrected chi connectivity index (χ1v) is 9.39. The molecule has 3 rings (SSSR count). The number of pyridine rings is 1. The lowest BCUT2D eigenvalue weighted by molar-refractivity contribution is 0.193. The van der Waals surface area contributed by atoms with Gasteiger partial charge in [0.1, 0.15) is 5.82 Å². The zero-order valence-corrected chi connectivity index (χ0v) is 16.5. The van der Waals surface area contributed by atoms with Gasteiger partial charge in [-0.3, -0.25) is 10.4 Å². The minimum Gasteiger partial charge on any atom is -0.368 e. The number of anilines is 2. The van der Waals surface area contributed by atoms with Crippen molar-refractivity contribution < 1.29 is 9.18 Å². The standard InChI is InChI=1S/C17H17Cl3FN5O/c18-12-8-11(2-3-15(12)21)23-17(27)24-26-5-1-4-25(6-7-26)16-13(19)9-22-10-14(16)20/h2-3,8-10H,1,4-7H2,(H2,23,24,27). The van der Waals surface area contributed by atoms with Crippen molar-refractivity contribution in [2.45, 2.75) is 6.42 Å². The van der Waals surface area contributed by atoms with Crippen molar-refractivity contribution in [2.24, 2.45) is 0 Å². The second-order valence-electron chi connectivity index (χ2n) is 5.97. The maximum absolute atomic E-state index is 13.2. The van der Waals surface area contributed by atoms with E-state index in [-0.39, 0.29) is 5.02 Å². The summed E-state index contributed by atoms with van der Waals surface area (Å²) in [5.41, 5.74) is 3.94. The predicted octanol–water partition coefficient (Wildman–Crippen LogP) is 4.43. The number of rotatable bonds is 3. The highest BCUT2D eigenvalue weighted by Gasteiger charge is 2.20. The van der Waals surface area contributed by atoms with Crippen LogP contribution < -0.4 is 15.6 Å². The molecular formula is C17H17Cl3FN5O.